The molecule has 3 heteroatoms. The van der Waals surface area contributed by atoms with E-state index in [2.05, 4.69) is 60.9 Å². The molecule has 2 nitrogen and oxygen atoms in total. The Labute approximate surface area is 128 Å². The minimum absolute atomic E-state index is 0.473. The minimum Gasteiger partial charge on any atom is -0.316 e. The fraction of sp³-hybridized carbons (Fsp3) is 0.278. The maximum atomic E-state index is 4.78. The minimum atomic E-state index is 0.473. The van der Waals surface area contributed by atoms with E-state index in [1.54, 1.807) is 0 Å². The molecule has 0 bridgehead atoms. The number of para-hydroxylation sites is 1. The molecule has 4 rings (SSSR count). The van der Waals surface area contributed by atoms with E-state index in [0.29, 0.717) is 12.0 Å². The van der Waals surface area contributed by atoms with Crippen LogP contribution >= 0.6 is 11.3 Å². The van der Waals surface area contributed by atoms with E-state index in [9.17, 15) is 0 Å². The van der Waals surface area contributed by atoms with Crippen LogP contribution < -0.4 is 5.32 Å². The highest BCUT2D eigenvalue weighted by atomic mass is 32.1. The van der Waals surface area contributed by atoms with Gasteiger partial charge in [-0.05, 0) is 36.7 Å². The molecule has 1 N–H and O–H groups in total. The van der Waals surface area contributed by atoms with Crippen LogP contribution in [0.2, 0.25) is 0 Å². The van der Waals surface area contributed by atoms with E-state index >= 15 is 0 Å². The lowest BCUT2D eigenvalue weighted by Crippen LogP contribution is -2.39. The molecule has 2 aromatic carbocycles. The second kappa shape index (κ2) is 5.24. The van der Waals surface area contributed by atoms with E-state index in [1.165, 1.54) is 27.3 Å². The van der Waals surface area contributed by atoms with Gasteiger partial charge in [0.2, 0.25) is 0 Å². The van der Waals surface area contributed by atoms with Gasteiger partial charge in [-0.3, -0.25) is 0 Å². The zero-order valence-electron chi connectivity index (χ0n) is 12.0. The Bertz CT molecular complexity index is 744. The highest BCUT2D eigenvalue weighted by Crippen LogP contribution is 2.38. The van der Waals surface area contributed by atoms with Crippen LogP contribution in [-0.2, 0) is 12.8 Å². The summed E-state index contributed by atoms with van der Waals surface area (Å²) in [7, 11) is 2.07. The van der Waals surface area contributed by atoms with Crippen LogP contribution in [0.5, 0.6) is 0 Å². The number of thiazole rings is 1. The third kappa shape index (κ3) is 2.27. The molecule has 1 aromatic heterocycles. The molecule has 106 valence electrons. The van der Waals surface area contributed by atoms with E-state index in [1.807, 2.05) is 11.3 Å². The fourth-order valence-corrected chi connectivity index (χ4v) is 4.32. The van der Waals surface area contributed by atoms with Gasteiger partial charge in [-0.25, -0.2) is 4.98 Å². The van der Waals surface area contributed by atoms with Gasteiger partial charge in [-0.2, -0.15) is 0 Å². The van der Waals surface area contributed by atoms with Gasteiger partial charge >= 0.3 is 0 Å². The summed E-state index contributed by atoms with van der Waals surface area (Å²) >= 11 is 1.82. The average Bonchev–Trinajstić information content (AvgIpc) is 2.89. The quantitative estimate of drug-likeness (QED) is 0.792. The van der Waals surface area contributed by atoms with Gasteiger partial charge in [0.15, 0.2) is 0 Å². The molecular weight excluding hydrogens is 276 g/mol. The van der Waals surface area contributed by atoms with Gasteiger partial charge in [0.1, 0.15) is 0 Å². The lowest BCUT2D eigenvalue weighted by atomic mass is 9.73. The molecule has 0 spiro atoms. The summed E-state index contributed by atoms with van der Waals surface area (Å²) in [5, 5.41) is 4.74. The van der Waals surface area contributed by atoms with Crippen molar-refractivity contribution in [2.45, 2.75) is 24.8 Å². The molecule has 0 radical (unpaired) electrons. The molecule has 1 heterocycles. The first-order valence-corrected chi connectivity index (χ1v) is 8.26. The summed E-state index contributed by atoms with van der Waals surface area (Å²) in [5.41, 5.74) is 4.14. The summed E-state index contributed by atoms with van der Waals surface area (Å²) in [6, 6.07) is 17.7. The molecule has 2 unspecified atom stereocenters. The van der Waals surface area contributed by atoms with Crippen molar-refractivity contribution in [1.29, 1.82) is 0 Å². The first-order chi connectivity index (χ1) is 10.3. The van der Waals surface area contributed by atoms with Crippen LogP contribution in [0.25, 0.3) is 10.2 Å². The average molecular weight is 294 g/mol. The Morgan fingerprint density at radius 1 is 1.19 bits per heavy atom. The van der Waals surface area contributed by atoms with Crippen molar-refractivity contribution < 1.29 is 0 Å². The predicted octanol–water partition coefficient (Wildman–Crippen LogP) is 3.77. The van der Waals surface area contributed by atoms with Crippen LogP contribution in [-0.4, -0.2) is 18.1 Å². The highest BCUT2D eigenvalue weighted by molar-refractivity contribution is 7.18. The smallest absolute Gasteiger partial charge is 0.0954 e. The van der Waals surface area contributed by atoms with E-state index < -0.39 is 0 Å². The summed E-state index contributed by atoms with van der Waals surface area (Å²) < 4.78 is 1.29. The van der Waals surface area contributed by atoms with Gasteiger partial charge in [-0.15, -0.1) is 11.3 Å². The molecule has 0 fully saturated rings. The molecule has 0 aliphatic heterocycles. The molecule has 0 saturated carbocycles. The van der Waals surface area contributed by atoms with Crippen molar-refractivity contribution in [2.24, 2.45) is 0 Å². The Morgan fingerprint density at radius 3 is 2.81 bits per heavy atom. The van der Waals surface area contributed by atoms with E-state index in [0.717, 1.165) is 11.9 Å². The number of nitrogens with one attached hydrogen (secondary N) is 1. The lowest BCUT2D eigenvalue weighted by molar-refractivity contribution is 0.422. The van der Waals surface area contributed by atoms with Crippen molar-refractivity contribution in [3.63, 3.8) is 0 Å². The molecular formula is C18H18N2S. The summed E-state index contributed by atoms with van der Waals surface area (Å²) in [5.74, 6) is 0.623. The Morgan fingerprint density at radius 2 is 2.00 bits per heavy atom. The molecule has 0 saturated heterocycles. The third-order valence-corrected chi connectivity index (χ3v) is 5.54. The number of hydrogen-bond acceptors (Lipinski definition) is 3. The normalized spacial score (nSPS) is 18.2. The number of rotatable bonds is 4. The first-order valence-electron chi connectivity index (χ1n) is 7.44. The number of nitrogens with zero attached hydrogens (tertiary/aromatic N) is 1. The zero-order chi connectivity index (χ0) is 14.2. The standard InChI is InChI=1S/C18H18N2S/c1-19-16(14-10-12-6-2-3-7-13(12)14)11-18-20-15-8-4-5-9-17(15)21-18/h2-9,14,16,19H,10-11H2,1H3. The third-order valence-electron chi connectivity index (χ3n) is 4.48. The van der Waals surface area contributed by atoms with E-state index in [-0.39, 0.29) is 0 Å². The van der Waals surface area contributed by atoms with Crippen LogP contribution in [0, 0.1) is 0 Å². The summed E-state index contributed by atoms with van der Waals surface area (Å²) in [4.78, 5) is 4.78. The summed E-state index contributed by atoms with van der Waals surface area (Å²) in [6.45, 7) is 0. The highest BCUT2D eigenvalue weighted by Gasteiger charge is 2.32. The Balaban J connectivity index is 1.57. The van der Waals surface area contributed by atoms with Crippen molar-refractivity contribution in [3.8, 4) is 0 Å². The number of benzene rings is 2. The topological polar surface area (TPSA) is 24.9 Å². The van der Waals surface area contributed by atoms with E-state index in [4.69, 9.17) is 4.98 Å². The lowest BCUT2D eigenvalue weighted by Gasteiger charge is -2.36. The number of likely N-dealkylation sites (N-methyl/N-ethyl adjacent to an activating group) is 1. The van der Waals surface area contributed by atoms with Crippen molar-refractivity contribution in [1.82, 2.24) is 10.3 Å². The molecule has 0 amide bonds. The van der Waals surface area contributed by atoms with Crippen molar-refractivity contribution >= 4 is 21.6 Å². The fourth-order valence-electron chi connectivity index (χ4n) is 3.30. The Kier molecular flexibility index (Phi) is 3.24. The monoisotopic (exact) mass is 294 g/mol. The van der Waals surface area contributed by atoms with Crippen LogP contribution in [0.1, 0.15) is 22.1 Å². The number of hydrogen-bond donors (Lipinski definition) is 1. The van der Waals surface area contributed by atoms with Gasteiger partial charge < -0.3 is 5.32 Å². The Hall–Kier alpha value is -1.71. The maximum Gasteiger partial charge on any atom is 0.0954 e. The van der Waals surface area contributed by atoms with Gasteiger partial charge in [-0.1, -0.05) is 36.4 Å². The molecule has 2 atom stereocenters. The van der Waals surface area contributed by atoms with Crippen LogP contribution in [0.3, 0.4) is 0 Å². The second-order valence-electron chi connectivity index (χ2n) is 5.68. The second-order valence-corrected chi connectivity index (χ2v) is 6.80. The van der Waals surface area contributed by atoms with Crippen molar-refractivity contribution in [2.75, 3.05) is 7.05 Å². The van der Waals surface area contributed by atoms with Crippen LogP contribution in [0.15, 0.2) is 48.5 Å². The van der Waals surface area contributed by atoms with Gasteiger partial charge in [0.25, 0.3) is 0 Å². The largest absolute Gasteiger partial charge is 0.316 e. The summed E-state index contributed by atoms with van der Waals surface area (Å²) in [6.07, 6.45) is 2.20. The molecule has 21 heavy (non-hydrogen) atoms. The number of fused-ring (bicyclic) bond motifs is 2. The predicted molar refractivity (Wildman–Crippen MR) is 89.1 cm³/mol. The first kappa shape index (κ1) is 13.0. The van der Waals surface area contributed by atoms with Crippen molar-refractivity contribution in [3.05, 3.63) is 64.7 Å². The zero-order valence-corrected chi connectivity index (χ0v) is 12.9. The van der Waals surface area contributed by atoms with Crippen LogP contribution in [0.4, 0.5) is 0 Å². The molecule has 1 aliphatic carbocycles. The molecule has 1 aliphatic rings. The van der Waals surface area contributed by atoms with Gasteiger partial charge in [0.05, 0.1) is 15.2 Å². The van der Waals surface area contributed by atoms with Gasteiger partial charge in [0, 0.05) is 18.4 Å². The number of aromatic nitrogens is 1. The SMILES string of the molecule is CNC(Cc1nc2ccccc2s1)C1Cc2ccccc21. The maximum absolute atomic E-state index is 4.78. The molecule has 3 aromatic rings.